The predicted octanol–water partition coefficient (Wildman–Crippen LogP) is 4.38. The summed E-state index contributed by atoms with van der Waals surface area (Å²) in [4.78, 5) is 18.1. The number of likely N-dealkylation sites (N-methyl/N-ethyl adjacent to an activating group) is 1. The first-order valence-corrected chi connectivity index (χ1v) is 11.8. The number of hydrogen-bond acceptors (Lipinski definition) is 4. The quantitative estimate of drug-likeness (QED) is 0.558. The fourth-order valence-electron chi connectivity index (χ4n) is 4.81. The number of carbonyl (C=O) groups excluding carboxylic acids is 1. The number of aromatic nitrogens is 2. The molecule has 0 bridgehead atoms. The number of phenolic OH excluding ortho intramolecular Hbond substituents is 1. The molecule has 0 saturated carbocycles. The van der Waals surface area contributed by atoms with Crippen LogP contribution in [0.25, 0.3) is 0 Å². The van der Waals surface area contributed by atoms with Crippen LogP contribution < -0.4 is 0 Å². The van der Waals surface area contributed by atoms with Crippen molar-refractivity contribution >= 4 is 5.91 Å². The van der Waals surface area contributed by atoms with Crippen LogP contribution in [0.4, 0.5) is 0 Å². The lowest BCUT2D eigenvalue weighted by atomic mass is 10.1. The van der Waals surface area contributed by atoms with Crippen LogP contribution in [0.3, 0.4) is 0 Å². The normalized spacial score (nSPS) is 16.3. The Morgan fingerprint density at radius 2 is 1.91 bits per heavy atom. The summed E-state index contributed by atoms with van der Waals surface area (Å²) in [6.07, 6.45) is 2.29. The Balaban J connectivity index is 1.57. The fraction of sp³-hybridized carbons (Fsp3) is 0.407. The number of benzene rings is 2. The second kappa shape index (κ2) is 10.2. The Hall–Kier alpha value is -3.12. The maximum Gasteiger partial charge on any atom is 0.254 e. The van der Waals surface area contributed by atoms with Crippen LogP contribution in [0.2, 0.25) is 0 Å². The predicted molar refractivity (Wildman–Crippen MR) is 130 cm³/mol. The van der Waals surface area contributed by atoms with E-state index in [4.69, 9.17) is 0 Å². The van der Waals surface area contributed by atoms with Crippen molar-refractivity contribution in [3.8, 4) is 5.75 Å². The molecule has 2 aromatic carbocycles. The van der Waals surface area contributed by atoms with Gasteiger partial charge in [0.2, 0.25) is 0 Å². The summed E-state index contributed by atoms with van der Waals surface area (Å²) < 4.78 is 1.98. The molecule has 0 radical (unpaired) electrons. The van der Waals surface area contributed by atoms with E-state index in [0.29, 0.717) is 31.2 Å². The lowest BCUT2D eigenvalue weighted by molar-refractivity contribution is 0.0692. The van der Waals surface area contributed by atoms with Crippen LogP contribution >= 0.6 is 0 Å². The third-order valence-electron chi connectivity index (χ3n) is 6.54. The van der Waals surface area contributed by atoms with E-state index in [1.54, 1.807) is 12.1 Å². The molecule has 1 fully saturated rings. The molecule has 0 aliphatic carbocycles. The molecule has 0 spiro atoms. The SMILES string of the molecule is CCN1CCCC1CN(Cc1ccc(O)cc1)C(=O)c1cccc(Cn2nc(C)cc2C)c1. The van der Waals surface area contributed by atoms with Crippen molar-refractivity contribution in [2.75, 3.05) is 19.6 Å². The van der Waals surface area contributed by atoms with Gasteiger partial charge in [-0.3, -0.25) is 14.4 Å². The minimum Gasteiger partial charge on any atom is -0.508 e. The third-order valence-corrected chi connectivity index (χ3v) is 6.54. The molecule has 1 aromatic heterocycles. The van der Waals surface area contributed by atoms with E-state index in [9.17, 15) is 9.90 Å². The van der Waals surface area contributed by atoms with Gasteiger partial charge in [0.05, 0.1) is 12.2 Å². The molecule has 1 atom stereocenters. The van der Waals surface area contributed by atoms with Crippen LogP contribution in [0, 0.1) is 13.8 Å². The zero-order chi connectivity index (χ0) is 23.4. The van der Waals surface area contributed by atoms with E-state index in [0.717, 1.165) is 42.0 Å². The first kappa shape index (κ1) is 23.1. The van der Waals surface area contributed by atoms with Crippen molar-refractivity contribution in [1.29, 1.82) is 0 Å². The average molecular weight is 447 g/mol. The summed E-state index contributed by atoms with van der Waals surface area (Å²) in [5.41, 5.74) is 4.89. The highest BCUT2D eigenvalue weighted by Gasteiger charge is 2.28. The van der Waals surface area contributed by atoms with Crippen molar-refractivity contribution in [3.63, 3.8) is 0 Å². The minimum absolute atomic E-state index is 0.0428. The first-order chi connectivity index (χ1) is 15.9. The Bertz CT molecular complexity index is 1090. The number of likely N-dealkylation sites (tertiary alicyclic amines) is 1. The van der Waals surface area contributed by atoms with Crippen molar-refractivity contribution in [1.82, 2.24) is 19.6 Å². The summed E-state index contributed by atoms with van der Waals surface area (Å²) in [6, 6.07) is 17.5. The summed E-state index contributed by atoms with van der Waals surface area (Å²) in [5.74, 6) is 0.280. The molecule has 1 aliphatic heterocycles. The third kappa shape index (κ3) is 5.63. The lowest BCUT2D eigenvalue weighted by Crippen LogP contribution is -2.42. The summed E-state index contributed by atoms with van der Waals surface area (Å²) in [6.45, 7) is 10.2. The summed E-state index contributed by atoms with van der Waals surface area (Å²) >= 11 is 0. The van der Waals surface area contributed by atoms with Gasteiger partial charge in [0.25, 0.3) is 5.91 Å². The van der Waals surface area contributed by atoms with Crippen molar-refractivity contribution in [2.45, 2.75) is 52.7 Å². The largest absolute Gasteiger partial charge is 0.508 e. The van der Waals surface area contributed by atoms with Gasteiger partial charge in [-0.15, -0.1) is 0 Å². The molecule has 4 rings (SSSR count). The van der Waals surface area contributed by atoms with E-state index in [-0.39, 0.29) is 11.7 Å². The molecule has 174 valence electrons. The van der Waals surface area contributed by atoms with Gasteiger partial charge in [-0.2, -0.15) is 5.10 Å². The summed E-state index contributed by atoms with van der Waals surface area (Å²) in [7, 11) is 0. The molecule has 3 aromatic rings. The zero-order valence-electron chi connectivity index (χ0n) is 19.9. The Morgan fingerprint density at radius 3 is 2.61 bits per heavy atom. The van der Waals surface area contributed by atoms with E-state index >= 15 is 0 Å². The summed E-state index contributed by atoms with van der Waals surface area (Å²) in [5, 5.41) is 14.2. The van der Waals surface area contributed by atoms with E-state index < -0.39 is 0 Å². The van der Waals surface area contributed by atoms with Gasteiger partial charge in [-0.25, -0.2) is 0 Å². The molecular weight excluding hydrogens is 412 g/mol. The second-order valence-corrected chi connectivity index (χ2v) is 9.06. The van der Waals surface area contributed by atoms with Gasteiger partial charge in [0, 0.05) is 30.4 Å². The Morgan fingerprint density at radius 1 is 1.12 bits per heavy atom. The second-order valence-electron chi connectivity index (χ2n) is 9.06. The smallest absolute Gasteiger partial charge is 0.254 e. The number of phenols is 1. The van der Waals surface area contributed by atoms with Crippen LogP contribution in [-0.2, 0) is 13.1 Å². The van der Waals surface area contributed by atoms with E-state index in [2.05, 4.69) is 29.9 Å². The van der Waals surface area contributed by atoms with Gasteiger partial charge in [0.1, 0.15) is 5.75 Å². The fourth-order valence-corrected chi connectivity index (χ4v) is 4.81. The van der Waals surface area contributed by atoms with Gasteiger partial charge in [0.15, 0.2) is 0 Å². The number of carbonyl (C=O) groups is 1. The van der Waals surface area contributed by atoms with E-state index in [1.807, 2.05) is 52.9 Å². The number of hydrogen-bond donors (Lipinski definition) is 1. The number of nitrogens with zero attached hydrogens (tertiary/aromatic N) is 4. The van der Waals surface area contributed by atoms with Gasteiger partial charge < -0.3 is 10.0 Å². The molecule has 2 heterocycles. The van der Waals surface area contributed by atoms with Gasteiger partial charge in [-0.1, -0.05) is 31.2 Å². The highest BCUT2D eigenvalue weighted by atomic mass is 16.3. The Kier molecular flexibility index (Phi) is 7.14. The average Bonchev–Trinajstić information content (AvgIpc) is 3.39. The minimum atomic E-state index is 0.0428. The number of rotatable bonds is 8. The van der Waals surface area contributed by atoms with Crippen molar-refractivity contribution in [3.05, 3.63) is 82.7 Å². The monoisotopic (exact) mass is 446 g/mol. The van der Waals surface area contributed by atoms with Crippen molar-refractivity contribution in [2.24, 2.45) is 0 Å². The molecule has 6 heteroatoms. The number of amides is 1. The van der Waals surface area contributed by atoms with E-state index in [1.165, 1.54) is 6.42 Å². The zero-order valence-corrected chi connectivity index (χ0v) is 19.9. The molecule has 1 saturated heterocycles. The Labute approximate surface area is 196 Å². The molecule has 6 nitrogen and oxygen atoms in total. The molecular formula is C27H34N4O2. The van der Waals surface area contributed by atoms with Crippen LogP contribution in [0.15, 0.2) is 54.6 Å². The van der Waals surface area contributed by atoms with Crippen molar-refractivity contribution < 1.29 is 9.90 Å². The molecule has 1 amide bonds. The molecule has 1 N–H and O–H groups in total. The maximum atomic E-state index is 13.7. The number of aryl methyl sites for hydroxylation is 2. The topological polar surface area (TPSA) is 61.6 Å². The maximum absolute atomic E-state index is 13.7. The van der Waals surface area contributed by atoms with Gasteiger partial charge in [-0.05, 0) is 81.2 Å². The molecule has 33 heavy (non-hydrogen) atoms. The first-order valence-electron chi connectivity index (χ1n) is 11.8. The lowest BCUT2D eigenvalue weighted by Gasteiger charge is -2.30. The highest BCUT2D eigenvalue weighted by molar-refractivity contribution is 5.94. The van der Waals surface area contributed by atoms with Crippen LogP contribution in [0.1, 0.15) is 52.6 Å². The van der Waals surface area contributed by atoms with Crippen LogP contribution in [0.5, 0.6) is 5.75 Å². The van der Waals surface area contributed by atoms with Gasteiger partial charge >= 0.3 is 0 Å². The number of aromatic hydroxyl groups is 1. The highest BCUT2D eigenvalue weighted by Crippen LogP contribution is 2.21. The molecule has 1 unspecified atom stereocenters. The molecule has 1 aliphatic rings. The standard InChI is InChI=1S/C27H34N4O2/c1-4-29-14-6-9-25(29)19-30(17-22-10-12-26(32)13-11-22)27(33)24-8-5-7-23(16-24)18-31-21(3)15-20(2)28-31/h5,7-8,10-13,15-16,25,32H,4,6,9,14,17-19H2,1-3H3. The van der Waals surface area contributed by atoms with Crippen LogP contribution in [-0.4, -0.2) is 56.3 Å².